The van der Waals surface area contributed by atoms with E-state index in [-0.39, 0.29) is 17.5 Å². The number of aryl methyl sites for hydroxylation is 3. The normalized spacial score (nSPS) is 13.1. The molecule has 1 aliphatic carbocycles. The highest BCUT2D eigenvalue weighted by Crippen LogP contribution is 2.43. The van der Waals surface area contributed by atoms with Crippen molar-refractivity contribution in [3.05, 3.63) is 93.7 Å². The monoisotopic (exact) mass is 521 g/mol. The van der Waals surface area contributed by atoms with E-state index in [0.717, 1.165) is 46.3 Å². The lowest BCUT2D eigenvalue weighted by atomic mass is 10.0. The van der Waals surface area contributed by atoms with Crippen molar-refractivity contribution in [2.75, 3.05) is 5.32 Å². The third-order valence-electron chi connectivity index (χ3n) is 7.07. The zero-order valence-electron chi connectivity index (χ0n) is 21.8. The molecule has 2 aromatic carbocycles. The molecule has 39 heavy (non-hydrogen) atoms. The second-order valence-electron chi connectivity index (χ2n) is 9.98. The number of rotatable bonds is 6. The number of amides is 2. The van der Waals surface area contributed by atoms with Gasteiger partial charge in [0.15, 0.2) is 5.69 Å². The Morgan fingerprint density at radius 3 is 2.38 bits per heavy atom. The van der Waals surface area contributed by atoms with Crippen LogP contribution < -0.4 is 16.6 Å². The van der Waals surface area contributed by atoms with E-state index in [1.54, 1.807) is 38.2 Å². The van der Waals surface area contributed by atoms with E-state index < -0.39 is 5.91 Å². The Balaban J connectivity index is 1.43. The van der Waals surface area contributed by atoms with Crippen LogP contribution in [0.4, 0.5) is 5.69 Å². The average molecular weight is 522 g/mol. The number of pyridine rings is 1. The standard InChI is InChI=1S/C30H27N5O4/c1-16-13-21-15-24(18-7-9-19(10-8-18)25-17(2)39-34(3)30(25)38)35(23-11-12-23)27(21)26(32-16)29(37)33-22-6-4-5-20(14-22)28(31)36/h4-10,13-15,23H,11-12H2,1-3H3,(H2,31,36)(H,33,37). The molecule has 0 radical (unpaired) electrons. The van der Waals surface area contributed by atoms with Crippen LogP contribution in [0.5, 0.6) is 0 Å². The first-order valence-corrected chi connectivity index (χ1v) is 12.7. The summed E-state index contributed by atoms with van der Waals surface area (Å²) in [7, 11) is 1.60. The molecule has 3 heterocycles. The second kappa shape index (κ2) is 9.13. The Labute approximate surface area is 223 Å². The van der Waals surface area contributed by atoms with Crippen molar-refractivity contribution >= 4 is 28.4 Å². The van der Waals surface area contributed by atoms with E-state index in [0.29, 0.717) is 28.3 Å². The number of nitrogens with two attached hydrogens (primary N) is 1. The zero-order valence-corrected chi connectivity index (χ0v) is 21.8. The Bertz CT molecular complexity index is 1840. The quantitative estimate of drug-likeness (QED) is 0.327. The van der Waals surface area contributed by atoms with Gasteiger partial charge in [-0.1, -0.05) is 30.3 Å². The van der Waals surface area contributed by atoms with Crippen LogP contribution in [-0.2, 0) is 7.05 Å². The number of aromatic nitrogens is 3. The topological polar surface area (TPSA) is 125 Å². The van der Waals surface area contributed by atoms with Gasteiger partial charge in [-0.2, -0.15) is 4.74 Å². The third kappa shape index (κ3) is 4.31. The van der Waals surface area contributed by atoms with E-state index >= 15 is 0 Å². The van der Waals surface area contributed by atoms with Crippen LogP contribution in [0.3, 0.4) is 0 Å². The third-order valence-corrected chi connectivity index (χ3v) is 7.07. The lowest BCUT2D eigenvalue weighted by Gasteiger charge is -2.13. The van der Waals surface area contributed by atoms with Crippen LogP contribution in [0.2, 0.25) is 0 Å². The highest BCUT2D eigenvalue weighted by atomic mass is 16.5. The minimum Gasteiger partial charge on any atom is -0.381 e. The lowest BCUT2D eigenvalue weighted by Crippen LogP contribution is -2.17. The maximum atomic E-state index is 13.5. The number of hydrogen-bond acceptors (Lipinski definition) is 5. The number of hydrogen-bond donors (Lipinski definition) is 2. The number of carbonyl (C=O) groups is 2. The van der Waals surface area contributed by atoms with Crippen LogP contribution in [0.1, 0.15) is 51.2 Å². The molecule has 9 nitrogen and oxygen atoms in total. The van der Waals surface area contributed by atoms with Gasteiger partial charge in [0.1, 0.15) is 5.76 Å². The van der Waals surface area contributed by atoms with Crippen LogP contribution in [0.25, 0.3) is 33.3 Å². The van der Waals surface area contributed by atoms with E-state index in [9.17, 15) is 14.4 Å². The molecule has 0 aliphatic heterocycles. The SMILES string of the molecule is Cc1cc2cc(-c3ccc(-c4c(C)on(C)c4=O)cc3)n(C3CC3)c2c(C(=O)Nc2cccc(C(N)=O)c2)n1. The number of nitrogens with one attached hydrogen (secondary N) is 1. The molecule has 5 aromatic rings. The van der Waals surface area contributed by atoms with Crippen molar-refractivity contribution in [3.8, 4) is 22.4 Å². The molecule has 1 saturated carbocycles. The van der Waals surface area contributed by atoms with Gasteiger partial charge in [0.05, 0.1) is 11.1 Å². The maximum Gasteiger partial charge on any atom is 0.290 e. The molecule has 0 saturated heterocycles. The van der Waals surface area contributed by atoms with Gasteiger partial charge < -0.3 is 20.1 Å². The molecule has 1 fully saturated rings. The molecule has 0 atom stereocenters. The van der Waals surface area contributed by atoms with Crippen molar-refractivity contribution in [1.82, 2.24) is 14.3 Å². The number of fused-ring (bicyclic) bond motifs is 1. The summed E-state index contributed by atoms with van der Waals surface area (Å²) < 4.78 is 8.89. The summed E-state index contributed by atoms with van der Waals surface area (Å²) >= 11 is 0. The van der Waals surface area contributed by atoms with Gasteiger partial charge in [0, 0.05) is 41.1 Å². The molecule has 196 valence electrons. The molecule has 0 spiro atoms. The molecule has 0 bridgehead atoms. The van der Waals surface area contributed by atoms with Gasteiger partial charge in [-0.15, -0.1) is 0 Å². The van der Waals surface area contributed by atoms with E-state index in [2.05, 4.69) is 20.9 Å². The largest absolute Gasteiger partial charge is 0.381 e. The average Bonchev–Trinajstić information content (AvgIpc) is 3.62. The van der Waals surface area contributed by atoms with Gasteiger partial charge in [-0.3, -0.25) is 14.4 Å². The highest BCUT2D eigenvalue weighted by molar-refractivity contribution is 6.12. The molecule has 6 rings (SSSR count). The van der Waals surface area contributed by atoms with Gasteiger partial charge in [0.2, 0.25) is 5.91 Å². The fraction of sp³-hybridized carbons (Fsp3) is 0.200. The summed E-state index contributed by atoms with van der Waals surface area (Å²) in [5.41, 5.74) is 11.1. The van der Waals surface area contributed by atoms with Crippen molar-refractivity contribution in [3.63, 3.8) is 0 Å². The first-order valence-electron chi connectivity index (χ1n) is 12.7. The fourth-order valence-corrected chi connectivity index (χ4v) is 5.16. The van der Waals surface area contributed by atoms with E-state index in [4.69, 9.17) is 10.3 Å². The highest BCUT2D eigenvalue weighted by Gasteiger charge is 2.31. The van der Waals surface area contributed by atoms with Crippen LogP contribution in [0, 0.1) is 13.8 Å². The molecule has 9 heteroatoms. The maximum absolute atomic E-state index is 13.5. The Morgan fingerprint density at radius 2 is 1.74 bits per heavy atom. The zero-order chi connectivity index (χ0) is 27.4. The number of nitrogens with zero attached hydrogens (tertiary/aromatic N) is 3. The van der Waals surface area contributed by atoms with Crippen molar-refractivity contribution in [1.29, 1.82) is 0 Å². The summed E-state index contributed by atoms with van der Waals surface area (Å²) in [5, 5.41) is 3.80. The van der Waals surface area contributed by atoms with Crippen molar-refractivity contribution in [2.24, 2.45) is 12.8 Å². The molecular formula is C30H27N5O4. The predicted octanol–water partition coefficient (Wildman–Crippen LogP) is 4.96. The van der Waals surface area contributed by atoms with Crippen LogP contribution in [0.15, 0.2) is 70.0 Å². The van der Waals surface area contributed by atoms with Gasteiger partial charge in [0.25, 0.3) is 11.5 Å². The summed E-state index contributed by atoms with van der Waals surface area (Å²) in [6.07, 6.45) is 2.02. The molecule has 0 unspecified atom stereocenters. The summed E-state index contributed by atoms with van der Waals surface area (Å²) in [4.78, 5) is 42.3. The summed E-state index contributed by atoms with van der Waals surface area (Å²) in [6, 6.07) is 18.7. The molecule has 3 aromatic heterocycles. The van der Waals surface area contributed by atoms with Gasteiger partial charge in [-0.25, -0.2) is 4.98 Å². The number of primary amides is 1. The van der Waals surface area contributed by atoms with Crippen LogP contribution >= 0.6 is 0 Å². The van der Waals surface area contributed by atoms with Gasteiger partial charge in [-0.05, 0) is 68.1 Å². The Morgan fingerprint density at radius 1 is 1.03 bits per heavy atom. The number of benzene rings is 2. The molecule has 2 amide bonds. The van der Waals surface area contributed by atoms with Gasteiger partial charge >= 0.3 is 0 Å². The second-order valence-corrected chi connectivity index (χ2v) is 9.98. The first kappa shape index (κ1) is 24.4. The van der Waals surface area contributed by atoms with Crippen molar-refractivity contribution < 1.29 is 14.1 Å². The van der Waals surface area contributed by atoms with Crippen molar-refractivity contribution in [2.45, 2.75) is 32.7 Å². The lowest BCUT2D eigenvalue weighted by molar-refractivity contribution is 0.0995. The molecule has 3 N–H and O–H groups in total. The summed E-state index contributed by atoms with van der Waals surface area (Å²) in [5.74, 6) is -0.358. The first-order chi connectivity index (χ1) is 18.7. The fourth-order valence-electron chi connectivity index (χ4n) is 5.16. The van der Waals surface area contributed by atoms with Crippen LogP contribution in [-0.4, -0.2) is 26.1 Å². The molecular weight excluding hydrogens is 494 g/mol. The number of anilines is 1. The Kier molecular flexibility index (Phi) is 5.71. The Hall–Kier alpha value is -4.92. The number of carbonyl (C=O) groups excluding carboxylic acids is 2. The predicted molar refractivity (Wildman–Crippen MR) is 149 cm³/mol. The van der Waals surface area contributed by atoms with E-state index in [1.807, 2.05) is 37.3 Å². The molecule has 1 aliphatic rings. The summed E-state index contributed by atoms with van der Waals surface area (Å²) in [6.45, 7) is 3.64. The minimum absolute atomic E-state index is 0.175. The van der Waals surface area contributed by atoms with E-state index in [1.165, 1.54) is 4.74 Å². The minimum atomic E-state index is -0.566. The smallest absolute Gasteiger partial charge is 0.290 e.